The third-order valence-electron chi connectivity index (χ3n) is 4.72. The fourth-order valence-corrected chi connectivity index (χ4v) is 3.29. The first-order valence-electron chi connectivity index (χ1n) is 9.38. The van der Waals surface area contributed by atoms with Crippen molar-refractivity contribution in [2.75, 3.05) is 31.1 Å². The fourth-order valence-electron chi connectivity index (χ4n) is 3.17. The molecule has 5 nitrogen and oxygen atoms in total. The Kier molecular flexibility index (Phi) is 7.09. The minimum absolute atomic E-state index is 0.0222. The molecule has 3 rings (SSSR count). The van der Waals surface area contributed by atoms with Gasteiger partial charge in [0.25, 0.3) is 0 Å². The van der Waals surface area contributed by atoms with Crippen LogP contribution in [0.4, 0.5) is 5.69 Å². The molecule has 146 valence electrons. The summed E-state index contributed by atoms with van der Waals surface area (Å²) in [6.45, 7) is 2.45. The molecule has 28 heavy (non-hydrogen) atoms. The molecule has 2 aromatic rings. The first-order chi connectivity index (χ1) is 13.6. The van der Waals surface area contributed by atoms with Crippen molar-refractivity contribution in [3.63, 3.8) is 0 Å². The molecule has 0 aromatic heterocycles. The molecule has 0 aliphatic carbocycles. The van der Waals surface area contributed by atoms with E-state index in [0.717, 1.165) is 35.8 Å². The normalized spacial score (nSPS) is 16.3. The van der Waals surface area contributed by atoms with Crippen LogP contribution in [0, 0.1) is 5.92 Å². The summed E-state index contributed by atoms with van der Waals surface area (Å²) in [5.74, 6) is -0.0616. The molecule has 2 N–H and O–H groups in total. The number of halogens is 1. The summed E-state index contributed by atoms with van der Waals surface area (Å²) in [4.78, 5) is 26.1. The number of carbonyl (C=O) groups excluding carboxylic acids is 2. The van der Waals surface area contributed by atoms with E-state index >= 15 is 0 Å². The van der Waals surface area contributed by atoms with Crippen LogP contribution in [-0.2, 0) is 9.59 Å². The topological polar surface area (TPSA) is 61.4 Å². The predicted octanol–water partition coefficient (Wildman–Crippen LogP) is 3.11. The summed E-state index contributed by atoms with van der Waals surface area (Å²) in [6.07, 6.45) is 4.18. The average molecular weight is 398 g/mol. The Morgan fingerprint density at radius 2 is 1.82 bits per heavy atom. The van der Waals surface area contributed by atoms with Gasteiger partial charge in [0.1, 0.15) is 0 Å². The lowest BCUT2D eigenvalue weighted by atomic mass is 10.1. The van der Waals surface area contributed by atoms with Gasteiger partial charge in [0.2, 0.25) is 11.8 Å². The molecule has 6 heteroatoms. The van der Waals surface area contributed by atoms with Crippen molar-refractivity contribution in [1.82, 2.24) is 10.6 Å². The highest BCUT2D eigenvalue weighted by Gasteiger charge is 2.23. The van der Waals surface area contributed by atoms with E-state index in [1.54, 1.807) is 6.08 Å². The molecular formula is C22H24ClN3O2. The van der Waals surface area contributed by atoms with Gasteiger partial charge in [-0.25, -0.2) is 0 Å². The van der Waals surface area contributed by atoms with Gasteiger partial charge >= 0.3 is 0 Å². The van der Waals surface area contributed by atoms with E-state index in [4.69, 9.17) is 11.6 Å². The van der Waals surface area contributed by atoms with Crippen molar-refractivity contribution in [2.24, 2.45) is 5.92 Å². The molecule has 0 spiro atoms. The van der Waals surface area contributed by atoms with Crippen molar-refractivity contribution in [1.29, 1.82) is 0 Å². The van der Waals surface area contributed by atoms with Crippen LogP contribution >= 0.6 is 11.6 Å². The summed E-state index contributed by atoms with van der Waals surface area (Å²) in [7, 11) is 0. The summed E-state index contributed by atoms with van der Waals surface area (Å²) in [5, 5.41) is 6.25. The quantitative estimate of drug-likeness (QED) is 0.706. The highest BCUT2D eigenvalue weighted by atomic mass is 35.5. The predicted molar refractivity (Wildman–Crippen MR) is 113 cm³/mol. The minimum atomic E-state index is -0.284. The molecule has 2 aromatic carbocycles. The molecular weight excluding hydrogens is 374 g/mol. The number of hydrogen-bond donors (Lipinski definition) is 2. The highest BCUT2D eigenvalue weighted by Crippen LogP contribution is 2.24. The molecule has 0 radical (unpaired) electrons. The second kappa shape index (κ2) is 9.95. The van der Waals surface area contributed by atoms with Gasteiger partial charge in [0.15, 0.2) is 0 Å². The smallest absolute Gasteiger partial charge is 0.244 e. The number of nitrogens with one attached hydrogen (secondary N) is 2. The Morgan fingerprint density at radius 3 is 2.57 bits per heavy atom. The van der Waals surface area contributed by atoms with E-state index in [1.165, 1.54) is 6.08 Å². The van der Waals surface area contributed by atoms with Gasteiger partial charge in [-0.2, -0.15) is 0 Å². The average Bonchev–Trinajstić information content (AvgIpc) is 3.19. The van der Waals surface area contributed by atoms with Crippen molar-refractivity contribution in [3.8, 4) is 0 Å². The number of benzene rings is 2. The van der Waals surface area contributed by atoms with E-state index in [2.05, 4.69) is 15.5 Å². The lowest BCUT2D eigenvalue weighted by molar-refractivity contribution is -0.124. The Balaban J connectivity index is 1.35. The molecule has 0 saturated carbocycles. The zero-order valence-corrected chi connectivity index (χ0v) is 16.4. The number of amides is 2. The van der Waals surface area contributed by atoms with Crippen LogP contribution in [0.2, 0.25) is 5.02 Å². The SMILES string of the molecule is O=C(/C=C/c1ccccc1)NCC(=O)NCC1CCN(c2ccc(Cl)cc2)C1. The van der Waals surface area contributed by atoms with E-state index in [0.29, 0.717) is 12.5 Å². The fraction of sp³-hybridized carbons (Fsp3) is 0.273. The maximum atomic E-state index is 12.0. The van der Waals surface area contributed by atoms with Crippen LogP contribution in [0.5, 0.6) is 0 Å². The minimum Gasteiger partial charge on any atom is -0.371 e. The Labute approximate surface area is 170 Å². The second-order valence-corrected chi connectivity index (χ2v) is 7.28. The molecule has 1 fully saturated rings. The molecule has 0 bridgehead atoms. The molecule has 1 unspecified atom stereocenters. The van der Waals surface area contributed by atoms with Crippen LogP contribution in [0.15, 0.2) is 60.7 Å². The highest BCUT2D eigenvalue weighted by molar-refractivity contribution is 6.30. The van der Waals surface area contributed by atoms with E-state index in [9.17, 15) is 9.59 Å². The third kappa shape index (κ3) is 6.13. The summed E-state index contributed by atoms with van der Waals surface area (Å²) >= 11 is 5.93. The molecule has 1 atom stereocenters. The van der Waals surface area contributed by atoms with Crippen LogP contribution in [0.25, 0.3) is 6.08 Å². The van der Waals surface area contributed by atoms with Crippen molar-refractivity contribution in [3.05, 3.63) is 71.3 Å². The number of hydrogen-bond acceptors (Lipinski definition) is 3. The molecule has 1 saturated heterocycles. The van der Waals surface area contributed by atoms with Crippen molar-refractivity contribution < 1.29 is 9.59 Å². The standard InChI is InChI=1S/C22H24ClN3O2/c23-19-7-9-20(10-8-19)26-13-12-18(16-26)14-24-22(28)15-25-21(27)11-6-17-4-2-1-3-5-17/h1-11,18H,12-16H2,(H,24,28)(H,25,27)/b11-6+. The van der Waals surface area contributed by atoms with E-state index in [1.807, 2.05) is 54.6 Å². The van der Waals surface area contributed by atoms with Gasteiger partial charge in [-0.05, 0) is 48.2 Å². The van der Waals surface area contributed by atoms with Crippen molar-refractivity contribution >= 4 is 35.2 Å². The molecule has 1 aliphatic rings. The molecule has 1 aliphatic heterocycles. The van der Waals surface area contributed by atoms with E-state index < -0.39 is 0 Å². The molecule has 2 amide bonds. The lowest BCUT2D eigenvalue weighted by Crippen LogP contribution is -2.38. The largest absolute Gasteiger partial charge is 0.371 e. The maximum absolute atomic E-state index is 12.0. The first-order valence-corrected chi connectivity index (χ1v) is 9.76. The third-order valence-corrected chi connectivity index (χ3v) is 4.97. The van der Waals surface area contributed by atoms with Gasteiger partial charge < -0.3 is 15.5 Å². The lowest BCUT2D eigenvalue weighted by Gasteiger charge is -2.19. The van der Waals surface area contributed by atoms with Gasteiger partial charge in [0, 0.05) is 36.4 Å². The Hall–Kier alpha value is -2.79. The van der Waals surface area contributed by atoms with Crippen LogP contribution < -0.4 is 15.5 Å². The Bertz CT molecular complexity index is 821. The summed E-state index contributed by atoms with van der Waals surface area (Å²) < 4.78 is 0. The zero-order valence-electron chi connectivity index (χ0n) is 15.6. The summed E-state index contributed by atoms with van der Waals surface area (Å²) in [6, 6.07) is 17.4. The van der Waals surface area contributed by atoms with Gasteiger partial charge in [-0.15, -0.1) is 0 Å². The summed E-state index contributed by atoms with van der Waals surface area (Å²) in [5.41, 5.74) is 2.09. The van der Waals surface area contributed by atoms with Crippen LogP contribution in [0.3, 0.4) is 0 Å². The number of nitrogens with zero attached hydrogens (tertiary/aromatic N) is 1. The number of carbonyl (C=O) groups is 2. The maximum Gasteiger partial charge on any atom is 0.244 e. The number of rotatable bonds is 7. The molecule has 1 heterocycles. The van der Waals surface area contributed by atoms with Crippen LogP contribution in [-0.4, -0.2) is 38.0 Å². The monoisotopic (exact) mass is 397 g/mol. The van der Waals surface area contributed by atoms with Crippen LogP contribution in [0.1, 0.15) is 12.0 Å². The van der Waals surface area contributed by atoms with Gasteiger partial charge in [-0.3, -0.25) is 9.59 Å². The Morgan fingerprint density at radius 1 is 1.07 bits per heavy atom. The van der Waals surface area contributed by atoms with Gasteiger partial charge in [0.05, 0.1) is 6.54 Å². The van der Waals surface area contributed by atoms with Gasteiger partial charge in [-0.1, -0.05) is 41.9 Å². The second-order valence-electron chi connectivity index (χ2n) is 6.84. The zero-order chi connectivity index (χ0) is 19.8. The first kappa shape index (κ1) is 20.0. The number of anilines is 1. The van der Waals surface area contributed by atoms with E-state index in [-0.39, 0.29) is 18.4 Å². The van der Waals surface area contributed by atoms with Crippen molar-refractivity contribution in [2.45, 2.75) is 6.42 Å².